The van der Waals surface area contributed by atoms with Crippen molar-refractivity contribution >= 4 is 51.6 Å². The van der Waals surface area contributed by atoms with Gasteiger partial charge < -0.3 is 15.5 Å². The molecule has 27 heavy (non-hydrogen) atoms. The maximum atomic E-state index is 4.40. The van der Waals surface area contributed by atoms with Crippen LogP contribution in [0.2, 0.25) is 0 Å². The molecule has 1 aromatic heterocycles. The molecule has 1 aromatic carbocycles. The van der Waals surface area contributed by atoms with Crippen LogP contribution in [0.3, 0.4) is 0 Å². The second kappa shape index (κ2) is 10.3. The molecule has 2 heterocycles. The molecule has 3 rings (SSSR count). The average Bonchev–Trinajstić information content (AvgIpc) is 3.06. The monoisotopic (exact) mass is 546 g/mol. The van der Waals surface area contributed by atoms with Gasteiger partial charge in [0.1, 0.15) is 0 Å². The fourth-order valence-corrected chi connectivity index (χ4v) is 3.80. The molecule has 2 N–H and O–H groups in total. The number of halogens is 2. The highest BCUT2D eigenvalue weighted by Gasteiger charge is 2.21. The maximum Gasteiger partial charge on any atom is 0.191 e. The number of nitrogens with one attached hydrogen (secondary N) is 2. The first-order chi connectivity index (χ1) is 12.5. The molecule has 0 amide bonds. The van der Waals surface area contributed by atoms with E-state index in [9.17, 15) is 0 Å². The normalized spacial score (nSPS) is 17.4. The smallest absolute Gasteiger partial charge is 0.191 e. The molecule has 0 spiro atoms. The lowest BCUT2D eigenvalue weighted by Crippen LogP contribution is -2.51. The Morgan fingerprint density at radius 3 is 2.89 bits per heavy atom. The fourth-order valence-electron chi connectivity index (χ4n) is 3.33. The van der Waals surface area contributed by atoms with E-state index in [4.69, 9.17) is 0 Å². The van der Waals surface area contributed by atoms with Crippen LogP contribution in [0.15, 0.2) is 40.1 Å². The van der Waals surface area contributed by atoms with Crippen LogP contribution in [-0.2, 0) is 13.6 Å². The van der Waals surface area contributed by atoms with E-state index < -0.39 is 0 Å². The van der Waals surface area contributed by atoms with Gasteiger partial charge in [-0.2, -0.15) is 5.10 Å². The lowest BCUT2D eigenvalue weighted by Gasteiger charge is -2.34. The van der Waals surface area contributed by atoms with E-state index in [1.807, 2.05) is 25.0 Å². The molecule has 1 aliphatic rings. The molecule has 8 heteroatoms. The van der Waals surface area contributed by atoms with Crippen LogP contribution < -0.4 is 15.5 Å². The molecule has 148 valence electrons. The molecule has 1 unspecified atom stereocenters. The Hall–Kier alpha value is -1.29. The predicted molar refractivity (Wildman–Crippen MR) is 126 cm³/mol. The van der Waals surface area contributed by atoms with Crippen molar-refractivity contribution in [3.05, 3.63) is 46.2 Å². The van der Waals surface area contributed by atoms with Crippen molar-refractivity contribution in [3.8, 4) is 0 Å². The summed E-state index contributed by atoms with van der Waals surface area (Å²) in [6.07, 6.45) is 6.32. The maximum absolute atomic E-state index is 4.40. The number of anilines is 1. The van der Waals surface area contributed by atoms with Crippen LogP contribution >= 0.6 is 39.9 Å². The zero-order chi connectivity index (χ0) is 18.5. The fraction of sp³-hybridized carbons (Fsp3) is 0.474. The highest BCUT2D eigenvalue weighted by molar-refractivity contribution is 14.0. The second-order valence-electron chi connectivity index (χ2n) is 6.80. The SMILES string of the molecule is CN=C(NCc1ccc(Br)cc1C)NC1CCCN(c2cnn(C)c2)C1.I. The summed E-state index contributed by atoms with van der Waals surface area (Å²) in [6.45, 7) is 4.93. The molecule has 0 saturated carbocycles. The Labute approximate surface area is 187 Å². The van der Waals surface area contributed by atoms with E-state index in [0.29, 0.717) is 6.04 Å². The number of benzene rings is 1. The molecule has 0 radical (unpaired) electrons. The van der Waals surface area contributed by atoms with Crippen LogP contribution in [0.1, 0.15) is 24.0 Å². The molecule has 1 saturated heterocycles. The van der Waals surface area contributed by atoms with Crippen molar-refractivity contribution in [2.24, 2.45) is 12.0 Å². The first kappa shape index (κ1) is 22.0. The summed E-state index contributed by atoms with van der Waals surface area (Å²) in [5.41, 5.74) is 3.73. The summed E-state index contributed by atoms with van der Waals surface area (Å²) in [6, 6.07) is 6.73. The van der Waals surface area contributed by atoms with Crippen LogP contribution in [0.5, 0.6) is 0 Å². The number of aryl methyl sites for hydroxylation is 2. The third-order valence-corrected chi connectivity index (χ3v) is 5.29. The van der Waals surface area contributed by atoms with Gasteiger partial charge in [0.25, 0.3) is 0 Å². The Morgan fingerprint density at radius 2 is 2.22 bits per heavy atom. The summed E-state index contributed by atoms with van der Waals surface area (Å²) in [5.74, 6) is 0.852. The molecule has 1 atom stereocenters. The Morgan fingerprint density at radius 1 is 1.41 bits per heavy atom. The van der Waals surface area contributed by atoms with Crippen molar-refractivity contribution in [2.45, 2.75) is 32.4 Å². The van der Waals surface area contributed by atoms with Crippen molar-refractivity contribution in [3.63, 3.8) is 0 Å². The Bertz CT molecular complexity index is 775. The van der Waals surface area contributed by atoms with E-state index in [1.165, 1.54) is 16.8 Å². The van der Waals surface area contributed by atoms with Crippen LogP contribution in [-0.4, -0.2) is 41.9 Å². The zero-order valence-electron chi connectivity index (χ0n) is 16.1. The van der Waals surface area contributed by atoms with Gasteiger partial charge in [-0.25, -0.2) is 0 Å². The molecule has 0 aliphatic carbocycles. The van der Waals surface area contributed by atoms with Crippen LogP contribution in [0.25, 0.3) is 0 Å². The van der Waals surface area contributed by atoms with Gasteiger partial charge in [-0.15, -0.1) is 24.0 Å². The molecule has 6 nitrogen and oxygen atoms in total. The number of rotatable bonds is 4. The van der Waals surface area contributed by atoms with E-state index in [-0.39, 0.29) is 24.0 Å². The minimum atomic E-state index is 0. The average molecular weight is 547 g/mol. The van der Waals surface area contributed by atoms with Gasteiger partial charge in [0.2, 0.25) is 0 Å². The van der Waals surface area contributed by atoms with Crippen molar-refractivity contribution in [1.82, 2.24) is 20.4 Å². The third kappa shape index (κ3) is 6.10. The third-order valence-electron chi connectivity index (χ3n) is 4.79. The standard InChI is InChI=1S/C19H27BrN6.HI/c1-14-9-16(20)7-6-15(14)10-22-19(21-2)24-17-5-4-8-26(12-17)18-11-23-25(3)13-18;/h6-7,9,11,13,17H,4-5,8,10,12H2,1-3H3,(H2,21,22,24);1H. The van der Waals surface area contributed by atoms with Gasteiger partial charge in [-0.1, -0.05) is 22.0 Å². The van der Waals surface area contributed by atoms with E-state index in [2.05, 4.69) is 72.9 Å². The molecule has 2 aromatic rings. The lowest BCUT2D eigenvalue weighted by atomic mass is 10.1. The van der Waals surface area contributed by atoms with Gasteiger partial charge >= 0.3 is 0 Å². The number of aromatic nitrogens is 2. The second-order valence-corrected chi connectivity index (χ2v) is 7.71. The number of hydrogen-bond donors (Lipinski definition) is 2. The van der Waals surface area contributed by atoms with E-state index >= 15 is 0 Å². The highest BCUT2D eigenvalue weighted by atomic mass is 127. The summed E-state index contributed by atoms with van der Waals surface area (Å²) in [7, 11) is 3.78. The summed E-state index contributed by atoms with van der Waals surface area (Å²) >= 11 is 3.51. The first-order valence-electron chi connectivity index (χ1n) is 9.01. The molecular formula is C19H28BrIN6. The van der Waals surface area contributed by atoms with Gasteiger partial charge in [0.15, 0.2) is 5.96 Å². The Balaban J connectivity index is 0.00000261. The molecule has 1 aliphatic heterocycles. The first-order valence-corrected chi connectivity index (χ1v) is 9.80. The lowest BCUT2D eigenvalue weighted by molar-refractivity contribution is 0.468. The number of piperidine rings is 1. The molecular weight excluding hydrogens is 519 g/mol. The number of nitrogens with zero attached hydrogens (tertiary/aromatic N) is 4. The number of aliphatic imine (C=N–C) groups is 1. The minimum Gasteiger partial charge on any atom is -0.367 e. The topological polar surface area (TPSA) is 57.5 Å². The van der Waals surface area contributed by atoms with E-state index in [1.54, 1.807) is 0 Å². The molecule has 1 fully saturated rings. The van der Waals surface area contributed by atoms with Gasteiger partial charge in [-0.05, 0) is 43.0 Å². The number of hydrogen-bond acceptors (Lipinski definition) is 3. The highest BCUT2D eigenvalue weighted by Crippen LogP contribution is 2.19. The Kier molecular flexibility index (Phi) is 8.40. The summed E-state index contributed by atoms with van der Waals surface area (Å²) in [5, 5.41) is 11.3. The van der Waals surface area contributed by atoms with Gasteiger partial charge in [-0.3, -0.25) is 9.67 Å². The summed E-state index contributed by atoms with van der Waals surface area (Å²) in [4.78, 5) is 6.79. The molecule has 0 bridgehead atoms. The van der Waals surface area contributed by atoms with Gasteiger partial charge in [0.05, 0.1) is 11.9 Å². The minimum absolute atomic E-state index is 0. The zero-order valence-corrected chi connectivity index (χ0v) is 20.0. The predicted octanol–water partition coefficient (Wildman–Crippen LogP) is 3.44. The van der Waals surface area contributed by atoms with Crippen LogP contribution in [0, 0.1) is 6.92 Å². The number of guanidine groups is 1. The van der Waals surface area contributed by atoms with Crippen LogP contribution in [0.4, 0.5) is 5.69 Å². The van der Waals surface area contributed by atoms with Crippen molar-refractivity contribution < 1.29 is 0 Å². The van der Waals surface area contributed by atoms with Crippen molar-refractivity contribution in [1.29, 1.82) is 0 Å². The quantitative estimate of drug-likeness (QED) is 0.350. The van der Waals surface area contributed by atoms with Gasteiger partial charge in [0, 0.05) is 50.4 Å². The van der Waals surface area contributed by atoms with E-state index in [0.717, 1.165) is 42.9 Å². The summed E-state index contributed by atoms with van der Waals surface area (Å²) < 4.78 is 2.96. The van der Waals surface area contributed by atoms with Crippen molar-refractivity contribution in [2.75, 3.05) is 25.0 Å². The largest absolute Gasteiger partial charge is 0.367 e.